The Bertz CT molecular complexity index is 667. The first kappa shape index (κ1) is 18.5. The van der Waals surface area contributed by atoms with Gasteiger partial charge in [0.25, 0.3) is 0 Å². The Hall–Kier alpha value is -2.33. The molecule has 4 nitrogen and oxygen atoms in total. The molecule has 0 radical (unpaired) electrons. The summed E-state index contributed by atoms with van der Waals surface area (Å²) in [6, 6.07) is 20.4. The molecule has 0 spiro atoms. The molecule has 0 bridgehead atoms. The number of ether oxygens (including phenoxy) is 1. The Balaban J connectivity index is 1.44. The van der Waals surface area contributed by atoms with E-state index in [2.05, 4.69) is 36.1 Å². The van der Waals surface area contributed by atoms with Crippen LogP contribution in [0.5, 0.6) is 0 Å². The van der Waals surface area contributed by atoms with Crippen LogP contribution in [-0.4, -0.2) is 43.1 Å². The molecule has 0 saturated carbocycles. The number of rotatable bonds is 7. The second kappa shape index (κ2) is 9.39. The molecular formula is C22H28N2O2. The lowest BCUT2D eigenvalue weighted by Crippen LogP contribution is -2.45. The fourth-order valence-corrected chi connectivity index (χ4v) is 3.35. The summed E-state index contributed by atoms with van der Waals surface area (Å²) in [5.74, 6) is 0.206. The van der Waals surface area contributed by atoms with E-state index in [-0.39, 0.29) is 12.0 Å². The van der Waals surface area contributed by atoms with Crippen molar-refractivity contribution in [3.63, 3.8) is 0 Å². The van der Waals surface area contributed by atoms with E-state index in [4.69, 9.17) is 4.74 Å². The number of piperidine rings is 1. The van der Waals surface area contributed by atoms with E-state index in [1.165, 1.54) is 5.56 Å². The van der Waals surface area contributed by atoms with Gasteiger partial charge >= 0.3 is 0 Å². The van der Waals surface area contributed by atoms with Crippen molar-refractivity contribution in [1.29, 1.82) is 0 Å². The number of benzene rings is 2. The number of amides is 1. The van der Waals surface area contributed by atoms with Crippen molar-refractivity contribution in [2.24, 2.45) is 0 Å². The summed E-state index contributed by atoms with van der Waals surface area (Å²) >= 11 is 0. The molecule has 0 N–H and O–H groups in total. The minimum absolute atomic E-state index is 0.206. The third-order valence-electron chi connectivity index (χ3n) is 4.95. The molecule has 138 valence electrons. The largest absolute Gasteiger partial charge is 0.373 e. The maximum Gasteiger partial charge on any atom is 0.242 e. The van der Waals surface area contributed by atoms with Crippen LogP contribution in [0.1, 0.15) is 25.3 Å². The first-order valence-electron chi connectivity index (χ1n) is 9.49. The standard InChI is InChI=1S/C22H28N2O2/c1-2-23(20-11-7-4-8-12-20)17-22(25)24-15-13-21(14-16-24)26-18-19-9-5-3-6-10-19/h3-12,21H,2,13-18H2,1H3. The molecule has 1 heterocycles. The average molecular weight is 352 g/mol. The van der Waals surface area contributed by atoms with Crippen molar-refractivity contribution >= 4 is 11.6 Å². The summed E-state index contributed by atoms with van der Waals surface area (Å²) in [6.45, 7) is 5.57. The number of nitrogens with zero attached hydrogens (tertiary/aromatic N) is 2. The monoisotopic (exact) mass is 352 g/mol. The molecule has 1 amide bonds. The number of para-hydroxylation sites is 1. The lowest BCUT2D eigenvalue weighted by molar-refractivity contribution is -0.132. The van der Waals surface area contributed by atoms with E-state index in [0.29, 0.717) is 13.2 Å². The summed E-state index contributed by atoms with van der Waals surface area (Å²) in [5, 5.41) is 0. The summed E-state index contributed by atoms with van der Waals surface area (Å²) in [7, 11) is 0. The number of carbonyl (C=O) groups excluding carboxylic acids is 1. The highest BCUT2D eigenvalue weighted by Gasteiger charge is 2.24. The number of hydrogen-bond acceptors (Lipinski definition) is 3. The topological polar surface area (TPSA) is 32.8 Å². The van der Waals surface area contributed by atoms with Gasteiger partial charge in [0.05, 0.1) is 19.3 Å². The molecule has 0 unspecified atom stereocenters. The van der Waals surface area contributed by atoms with E-state index in [1.54, 1.807) is 0 Å². The molecule has 1 saturated heterocycles. The fraction of sp³-hybridized carbons (Fsp3) is 0.409. The Morgan fingerprint density at radius 2 is 1.65 bits per heavy atom. The second-order valence-corrected chi connectivity index (χ2v) is 6.73. The minimum Gasteiger partial charge on any atom is -0.373 e. The average Bonchev–Trinajstić information content (AvgIpc) is 2.72. The van der Waals surface area contributed by atoms with Crippen LogP contribution in [0.2, 0.25) is 0 Å². The zero-order chi connectivity index (χ0) is 18.2. The third-order valence-corrected chi connectivity index (χ3v) is 4.95. The van der Waals surface area contributed by atoms with E-state index < -0.39 is 0 Å². The Kier molecular flexibility index (Phi) is 6.67. The third kappa shape index (κ3) is 5.09. The van der Waals surface area contributed by atoms with Gasteiger partial charge in [0.2, 0.25) is 5.91 Å². The number of hydrogen-bond donors (Lipinski definition) is 0. The molecule has 0 atom stereocenters. The Morgan fingerprint density at radius 1 is 1.04 bits per heavy atom. The van der Waals surface area contributed by atoms with E-state index in [9.17, 15) is 4.79 Å². The number of likely N-dealkylation sites (N-methyl/N-ethyl adjacent to an activating group) is 1. The van der Waals surface area contributed by atoms with Crippen molar-refractivity contribution in [3.8, 4) is 0 Å². The number of anilines is 1. The van der Waals surface area contributed by atoms with Crippen LogP contribution >= 0.6 is 0 Å². The van der Waals surface area contributed by atoms with Gasteiger partial charge in [-0.2, -0.15) is 0 Å². The second-order valence-electron chi connectivity index (χ2n) is 6.73. The molecule has 0 aromatic heterocycles. The Labute approximate surface area is 156 Å². The molecule has 1 aliphatic heterocycles. The molecule has 2 aromatic rings. The van der Waals surface area contributed by atoms with Gasteiger partial charge in [-0.05, 0) is 37.5 Å². The van der Waals surface area contributed by atoms with E-state index in [1.807, 2.05) is 41.3 Å². The van der Waals surface area contributed by atoms with E-state index in [0.717, 1.165) is 38.2 Å². The van der Waals surface area contributed by atoms with Gasteiger partial charge in [0.15, 0.2) is 0 Å². The molecular weight excluding hydrogens is 324 g/mol. The van der Waals surface area contributed by atoms with Crippen LogP contribution in [0.15, 0.2) is 60.7 Å². The lowest BCUT2D eigenvalue weighted by atomic mass is 10.1. The zero-order valence-corrected chi connectivity index (χ0v) is 15.5. The van der Waals surface area contributed by atoms with Crippen LogP contribution in [-0.2, 0) is 16.1 Å². The molecule has 4 heteroatoms. The summed E-state index contributed by atoms with van der Waals surface area (Å²) < 4.78 is 6.02. The van der Waals surface area contributed by atoms with Crippen LogP contribution in [0, 0.1) is 0 Å². The first-order chi connectivity index (χ1) is 12.8. The maximum absolute atomic E-state index is 12.7. The molecule has 1 aliphatic rings. The van der Waals surface area contributed by atoms with Gasteiger partial charge in [-0.15, -0.1) is 0 Å². The van der Waals surface area contributed by atoms with Gasteiger partial charge in [0.1, 0.15) is 0 Å². The molecule has 2 aromatic carbocycles. The molecule has 26 heavy (non-hydrogen) atoms. The van der Waals surface area contributed by atoms with Gasteiger partial charge < -0.3 is 14.5 Å². The predicted molar refractivity (Wildman–Crippen MR) is 105 cm³/mol. The highest BCUT2D eigenvalue weighted by molar-refractivity contribution is 5.81. The van der Waals surface area contributed by atoms with Gasteiger partial charge in [-0.3, -0.25) is 4.79 Å². The van der Waals surface area contributed by atoms with Crippen LogP contribution in [0.3, 0.4) is 0 Å². The van der Waals surface area contributed by atoms with Crippen molar-refractivity contribution in [2.75, 3.05) is 31.1 Å². The van der Waals surface area contributed by atoms with Gasteiger partial charge in [0, 0.05) is 25.3 Å². The zero-order valence-electron chi connectivity index (χ0n) is 15.5. The summed E-state index contributed by atoms with van der Waals surface area (Å²) in [5.41, 5.74) is 2.30. The first-order valence-corrected chi connectivity index (χ1v) is 9.49. The molecule has 3 rings (SSSR count). The van der Waals surface area contributed by atoms with Gasteiger partial charge in [-0.1, -0.05) is 48.5 Å². The van der Waals surface area contributed by atoms with Crippen LogP contribution in [0.4, 0.5) is 5.69 Å². The lowest BCUT2D eigenvalue weighted by Gasteiger charge is -2.34. The maximum atomic E-state index is 12.7. The summed E-state index contributed by atoms with van der Waals surface area (Å²) in [4.78, 5) is 16.8. The van der Waals surface area contributed by atoms with Crippen molar-refractivity contribution in [3.05, 3.63) is 66.2 Å². The fourth-order valence-electron chi connectivity index (χ4n) is 3.35. The van der Waals surface area contributed by atoms with Crippen LogP contribution < -0.4 is 4.90 Å². The van der Waals surface area contributed by atoms with Crippen molar-refractivity contribution in [1.82, 2.24) is 4.90 Å². The highest BCUT2D eigenvalue weighted by atomic mass is 16.5. The quantitative estimate of drug-likeness (QED) is 0.761. The predicted octanol–water partition coefficient (Wildman–Crippen LogP) is 3.72. The molecule has 1 fully saturated rings. The van der Waals surface area contributed by atoms with Crippen molar-refractivity contribution < 1.29 is 9.53 Å². The normalized spacial score (nSPS) is 15.0. The van der Waals surface area contributed by atoms with Crippen molar-refractivity contribution in [2.45, 2.75) is 32.5 Å². The Morgan fingerprint density at radius 3 is 2.27 bits per heavy atom. The van der Waals surface area contributed by atoms with E-state index >= 15 is 0 Å². The minimum atomic E-state index is 0.206. The summed E-state index contributed by atoms with van der Waals surface area (Å²) in [6.07, 6.45) is 2.07. The van der Waals surface area contributed by atoms with Gasteiger partial charge in [-0.25, -0.2) is 0 Å². The molecule has 0 aliphatic carbocycles. The number of likely N-dealkylation sites (tertiary alicyclic amines) is 1. The van der Waals surface area contributed by atoms with Crippen LogP contribution in [0.25, 0.3) is 0 Å². The SMILES string of the molecule is CCN(CC(=O)N1CCC(OCc2ccccc2)CC1)c1ccccc1. The smallest absolute Gasteiger partial charge is 0.242 e. The number of carbonyl (C=O) groups is 1. The highest BCUT2D eigenvalue weighted by Crippen LogP contribution is 2.17.